The second-order valence-electron chi connectivity index (χ2n) is 3.36. The van der Waals surface area contributed by atoms with Crippen molar-refractivity contribution < 1.29 is 9.53 Å². The minimum absolute atomic E-state index is 0.0744. The number of carbonyl (C=O) groups excluding carboxylic acids is 1. The van der Waals surface area contributed by atoms with Crippen LogP contribution in [0.5, 0.6) is 0 Å². The zero-order valence-electron chi connectivity index (χ0n) is 9.14. The maximum Gasteiger partial charge on any atom is 0.307 e. The second-order valence-corrected chi connectivity index (χ2v) is 3.36. The van der Waals surface area contributed by atoms with Gasteiger partial charge in [0, 0.05) is 18.8 Å². The number of imidazole rings is 1. The first-order valence-electron chi connectivity index (χ1n) is 5.06. The Kier molecular flexibility index (Phi) is 4.30. The summed E-state index contributed by atoms with van der Waals surface area (Å²) in [7, 11) is 0. The fourth-order valence-electron chi connectivity index (χ4n) is 1.34. The molecule has 1 heterocycles. The van der Waals surface area contributed by atoms with Gasteiger partial charge < -0.3 is 15.0 Å². The summed E-state index contributed by atoms with van der Waals surface area (Å²) in [6.07, 6.45) is 3.75. The van der Waals surface area contributed by atoms with Gasteiger partial charge in [0.25, 0.3) is 0 Å². The number of aryl methyl sites for hydroxylation is 1. The van der Waals surface area contributed by atoms with E-state index in [1.54, 1.807) is 19.4 Å². The summed E-state index contributed by atoms with van der Waals surface area (Å²) in [6, 6.07) is -0.0744. The Hall–Kier alpha value is -1.36. The summed E-state index contributed by atoms with van der Waals surface area (Å²) >= 11 is 0. The Bertz CT molecular complexity index is 320. The van der Waals surface area contributed by atoms with Gasteiger partial charge in [0.05, 0.1) is 25.0 Å². The van der Waals surface area contributed by atoms with Crippen LogP contribution in [0, 0.1) is 0 Å². The lowest BCUT2D eigenvalue weighted by Gasteiger charge is -2.09. The molecular formula is C10H17N3O2. The third-order valence-electron chi connectivity index (χ3n) is 2.07. The number of ether oxygens (including phenoxy) is 1. The zero-order chi connectivity index (χ0) is 11.3. The standard InChI is InChI=1S/C10H17N3O2/c1-3-15-10(14)4-5-13-7-12-6-9(13)8(2)11/h6-8H,3-5,11H2,1-2H3. The Morgan fingerprint density at radius 1 is 1.73 bits per heavy atom. The van der Waals surface area contributed by atoms with Crippen molar-refractivity contribution in [3.8, 4) is 0 Å². The molecular weight excluding hydrogens is 194 g/mol. The SMILES string of the molecule is CCOC(=O)CCn1cncc1C(C)N. The summed E-state index contributed by atoms with van der Waals surface area (Å²) in [5, 5.41) is 0. The molecule has 0 spiro atoms. The van der Waals surface area contributed by atoms with Crippen LogP contribution in [0.1, 0.15) is 32.0 Å². The molecule has 84 valence electrons. The lowest BCUT2D eigenvalue weighted by Crippen LogP contribution is -2.14. The molecule has 0 fully saturated rings. The second kappa shape index (κ2) is 5.50. The van der Waals surface area contributed by atoms with Gasteiger partial charge in [0.2, 0.25) is 0 Å². The summed E-state index contributed by atoms with van der Waals surface area (Å²) in [4.78, 5) is 15.1. The van der Waals surface area contributed by atoms with Gasteiger partial charge in [-0.3, -0.25) is 4.79 Å². The quantitative estimate of drug-likeness (QED) is 0.733. The van der Waals surface area contributed by atoms with Gasteiger partial charge >= 0.3 is 5.97 Å². The predicted octanol–water partition coefficient (Wildman–Crippen LogP) is 0.856. The van der Waals surface area contributed by atoms with Gasteiger partial charge in [0.15, 0.2) is 0 Å². The van der Waals surface area contributed by atoms with E-state index in [4.69, 9.17) is 10.5 Å². The Balaban J connectivity index is 2.50. The molecule has 0 saturated carbocycles. The average Bonchev–Trinajstić information content (AvgIpc) is 2.63. The molecule has 5 heteroatoms. The van der Waals surface area contributed by atoms with Crippen LogP contribution < -0.4 is 5.73 Å². The van der Waals surface area contributed by atoms with Gasteiger partial charge in [-0.15, -0.1) is 0 Å². The number of aromatic nitrogens is 2. The highest BCUT2D eigenvalue weighted by molar-refractivity contribution is 5.69. The fraction of sp³-hybridized carbons (Fsp3) is 0.600. The number of nitrogens with two attached hydrogens (primary N) is 1. The smallest absolute Gasteiger partial charge is 0.307 e. The van der Waals surface area contributed by atoms with Crippen LogP contribution in [0.15, 0.2) is 12.5 Å². The van der Waals surface area contributed by atoms with E-state index in [9.17, 15) is 4.79 Å². The Morgan fingerprint density at radius 3 is 3.07 bits per heavy atom. The summed E-state index contributed by atoms with van der Waals surface area (Å²) in [5.74, 6) is -0.193. The number of hydrogen-bond donors (Lipinski definition) is 1. The van der Waals surface area contributed by atoms with Gasteiger partial charge in [0.1, 0.15) is 0 Å². The molecule has 5 nitrogen and oxygen atoms in total. The highest BCUT2D eigenvalue weighted by Crippen LogP contribution is 2.09. The van der Waals surface area contributed by atoms with Crippen molar-refractivity contribution >= 4 is 5.97 Å². The maximum atomic E-state index is 11.1. The monoisotopic (exact) mass is 211 g/mol. The van der Waals surface area contributed by atoms with Crippen LogP contribution in [-0.2, 0) is 16.1 Å². The van der Waals surface area contributed by atoms with Crippen molar-refractivity contribution in [1.29, 1.82) is 0 Å². The van der Waals surface area contributed by atoms with Crippen molar-refractivity contribution in [1.82, 2.24) is 9.55 Å². The number of rotatable bonds is 5. The van der Waals surface area contributed by atoms with Crippen molar-refractivity contribution in [2.45, 2.75) is 32.9 Å². The average molecular weight is 211 g/mol. The molecule has 1 aromatic rings. The number of hydrogen-bond acceptors (Lipinski definition) is 4. The molecule has 0 amide bonds. The molecule has 0 bridgehead atoms. The van der Waals surface area contributed by atoms with Crippen LogP contribution in [0.2, 0.25) is 0 Å². The van der Waals surface area contributed by atoms with Crippen LogP contribution in [-0.4, -0.2) is 22.1 Å². The van der Waals surface area contributed by atoms with E-state index >= 15 is 0 Å². The molecule has 2 N–H and O–H groups in total. The number of nitrogens with zero attached hydrogens (tertiary/aromatic N) is 2. The highest BCUT2D eigenvalue weighted by atomic mass is 16.5. The number of carbonyl (C=O) groups is 1. The van der Waals surface area contributed by atoms with E-state index < -0.39 is 0 Å². The van der Waals surface area contributed by atoms with Crippen LogP contribution in [0.3, 0.4) is 0 Å². The molecule has 1 atom stereocenters. The lowest BCUT2D eigenvalue weighted by molar-refractivity contribution is -0.143. The Morgan fingerprint density at radius 2 is 2.47 bits per heavy atom. The predicted molar refractivity (Wildman–Crippen MR) is 56.1 cm³/mol. The van der Waals surface area contributed by atoms with Gasteiger partial charge in [-0.1, -0.05) is 0 Å². The minimum atomic E-state index is -0.193. The fourth-order valence-corrected chi connectivity index (χ4v) is 1.34. The molecule has 1 unspecified atom stereocenters. The molecule has 1 rings (SSSR count). The van der Waals surface area contributed by atoms with Crippen molar-refractivity contribution in [2.24, 2.45) is 5.73 Å². The summed E-state index contributed by atoms with van der Waals surface area (Å²) < 4.78 is 6.71. The topological polar surface area (TPSA) is 70.1 Å². The minimum Gasteiger partial charge on any atom is -0.466 e. The van der Waals surface area contributed by atoms with E-state index in [-0.39, 0.29) is 12.0 Å². The van der Waals surface area contributed by atoms with E-state index in [1.807, 2.05) is 11.5 Å². The Labute approximate surface area is 89.2 Å². The first-order valence-corrected chi connectivity index (χ1v) is 5.06. The van der Waals surface area contributed by atoms with Gasteiger partial charge in [-0.05, 0) is 13.8 Å². The molecule has 0 aliphatic heterocycles. The highest BCUT2D eigenvalue weighted by Gasteiger charge is 2.08. The summed E-state index contributed by atoms with van der Waals surface area (Å²) in [5.41, 5.74) is 6.68. The van der Waals surface area contributed by atoms with Crippen LogP contribution >= 0.6 is 0 Å². The normalized spacial score (nSPS) is 12.5. The third kappa shape index (κ3) is 3.36. The summed E-state index contributed by atoms with van der Waals surface area (Å²) in [6.45, 7) is 4.67. The lowest BCUT2D eigenvalue weighted by atomic mass is 10.2. The molecule has 0 saturated heterocycles. The van der Waals surface area contributed by atoms with Crippen molar-refractivity contribution in [2.75, 3.05) is 6.61 Å². The molecule has 15 heavy (non-hydrogen) atoms. The molecule has 0 aliphatic carbocycles. The van der Waals surface area contributed by atoms with E-state index in [0.29, 0.717) is 19.6 Å². The van der Waals surface area contributed by atoms with Crippen molar-refractivity contribution in [3.05, 3.63) is 18.2 Å². The molecule has 0 aliphatic rings. The van der Waals surface area contributed by atoms with E-state index in [1.165, 1.54) is 0 Å². The van der Waals surface area contributed by atoms with Crippen LogP contribution in [0.25, 0.3) is 0 Å². The third-order valence-corrected chi connectivity index (χ3v) is 2.07. The van der Waals surface area contributed by atoms with E-state index in [2.05, 4.69) is 4.98 Å². The zero-order valence-corrected chi connectivity index (χ0v) is 9.14. The largest absolute Gasteiger partial charge is 0.466 e. The first-order chi connectivity index (χ1) is 7.15. The van der Waals surface area contributed by atoms with Gasteiger partial charge in [-0.2, -0.15) is 0 Å². The molecule has 0 aromatic carbocycles. The molecule has 0 radical (unpaired) electrons. The van der Waals surface area contributed by atoms with E-state index in [0.717, 1.165) is 5.69 Å². The number of esters is 1. The van der Waals surface area contributed by atoms with Gasteiger partial charge in [-0.25, -0.2) is 4.98 Å². The molecule has 1 aromatic heterocycles. The first kappa shape index (κ1) is 11.7. The van der Waals surface area contributed by atoms with Crippen molar-refractivity contribution in [3.63, 3.8) is 0 Å². The maximum absolute atomic E-state index is 11.1. The van der Waals surface area contributed by atoms with Crippen LogP contribution in [0.4, 0.5) is 0 Å².